The van der Waals surface area contributed by atoms with Crippen LogP contribution >= 0.6 is 0 Å². The predicted molar refractivity (Wildman–Crippen MR) is 89.3 cm³/mol. The Bertz CT molecular complexity index is 842. The fourth-order valence-electron chi connectivity index (χ4n) is 2.08. The lowest BCUT2D eigenvalue weighted by Crippen LogP contribution is -2.56. The molecular formula is C15H21N3O9. The summed E-state index contributed by atoms with van der Waals surface area (Å²) in [5.74, 6) is -3.41. The van der Waals surface area contributed by atoms with Gasteiger partial charge in [0.25, 0.3) is 0 Å². The molecule has 0 amide bonds. The summed E-state index contributed by atoms with van der Waals surface area (Å²) in [5.41, 5.74) is -3.86. The lowest BCUT2D eigenvalue weighted by atomic mass is 10.5. The van der Waals surface area contributed by atoms with Gasteiger partial charge < -0.3 is 14.6 Å². The number of ether oxygens (including phenoxy) is 2. The Hall–Kier alpha value is -3.18. The molecule has 0 saturated carbocycles. The monoisotopic (exact) mass is 387 g/mol. The first kappa shape index (κ1) is 21.9. The molecular weight excluding hydrogens is 366 g/mol. The van der Waals surface area contributed by atoms with E-state index in [0.29, 0.717) is 9.13 Å². The molecule has 1 heterocycles. The molecule has 1 N–H and O–H groups in total. The average Bonchev–Trinajstić information content (AvgIpc) is 2.50. The van der Waals surface area contributed by atoms with Crippen molar-refractivity contribution in [3.05, 3.63) is 31.5 Å². The van der Waals surface area contributed by atoms with E-state index in [-0.39, 0.29) is 4.57 Å². The average molecular weight is 387 g/mol. The van der Waals surface area contributed by atoms with Gasteiger partial charge in [-0.25, -0.2) is 28.1 Å². The molecule has 1 rings (SSSR count). The van der Waals surface area contributed by atoms with E-state index >= 15 is 0 Å². The summed E-state index contributed by atoms with van der Waals surface area (Å²) in [6.07, 6.45) is -1.05. The Morgan fingerprint density at radius 3 is 1.30 bits per heavy atom. The number of aromatic nitrogens is 3. The molecule has 0 spiro atoms. The maximum absolute atomic E-state index is 12.4. The molecule has 27 heavy (non-hydrogen) atoms. The Morgan fingerprint density at radius 1 is 0.741 bits per heavy atom. The first-order chi connectivity index (χ1) is 12.4. The van der Waals surface area contributed by atoms with Crippen molar-refractivity contribution < 1.29 is 29.0 Å². The van der Waals surface area contributed by atoms with Gasteiger partial charge in [-0.3, -0.25) is 14.4 Å². The van der Waals surface area contributed by atoms with Crippen molar-refractivity contribution in [2.24, 2.45) is 0 Å². The van der Waals surface area contributed by atoms with Crippen LogP contribution in [0.15, 0.2) is 14.4 Å². The third kappa shape index (κ3) is 5.94. The summed E-state index contributed by atoms with van der Waals surface area (Å²) < 4.78 is 10.6. The van der Waals surface area contributed by atoms with Crippen LogP contribution in [0.2, 0.25) is 0 Å². The number of carbonyl (C=O) groups is 3. The van der Waals surface area contributed by atoms with E-state index in [1.165, 1.54) is 0 Å². The third-order valence-electron chi connectivity index (χ3n) is 2.99. The molecule has 12 nitrogen and oxygen atoms in total. The number of nitrogens with zero attached hydrogens (tertiary/aromatic N) is 3. The molecule has 12 heteroatoms. The van der Waals surface area contributed by atoms with E-state index in [1.54, 1.807) is 27.7 Å². The number of carboxylic acid groups (broad SMARTS) is 1. The van der Waals surface area contributed by atoms with Gasteiger partial charge in [0.15, 0.2) is 0 Å². The van der Waals surface area contributed by atoms with Gasteiger partial charge in [-0.1, -0.05) is 0 Å². The highest BCUT2D eigenvalue weighted by atomic mass is 16.5. The molecule has 150 valence electrons. The zero-order valence-electron chi connectivity index (χ0n) is 15.3. The topological polar surface area (TPSA) is 156 Å². The van der Waals surface area contributed by atoms with Crippen molar-refractivity contribution in [2.45, 2.75) is 59.5 Å². The van der Waals surface area contributed by atoms with Crippen LogP contribution in [0.3, 0.4) is 0 Å². The smallest absolute Gasteiger partial charge is 0.337 e. The van der Waals surface area contributed by atoms with Crippen LogP contribution in [0.5, 0.6) is 0 Å². The summed E-state index contributed by atoms with van der Waals surface area (Å²) in [4.78, 5) is 71.6. The van der Waals surface area contributed by atoms with Crippen LogP contribution in [0, 0.1) is 0 Å². The minimum absolute atomic E-state index is 0.231. The second-order valence-electron chi connectivity index (χ2n) is 6.08. The van der Waals surface area contributed by atoms with E-state index in [4.69, 9.17) is 14.6 Å². The van der Waals surface area contributed by atoms with Gasteiger partial charge in [0, 0.05) is 0 Å². The minimum Gasteiger partial charge on any atom is -0.480 e. The van der Waals surface area contributed by atoms with Crippen LogP contribution in [0.4, 0.5) is 0 Å². The standard InChI is InChI=1S/C15H21N3O9/c1-8(2)26-11(21)6-17-13(23)16(5-10(19)20)14(24)18(15(17)25)7-12(22)27-9(3)4/h8-9H,5-7H2,1-4H3,(H,19,20). The van der Waals surface area contributed by atoms with E-state index in [0.717, 1.165) is 0 Å². The van der Waals surface area contributed by atoms with Gasteiger partial charge >= 0.3 is 35.0 Å². The van der Waals surface area contributed by atoms with Crippen molar-refractivity contribution in [1.29, 1.82) is 0 Å². The number of carbonyl (C=O) groups excluding carboxylic acids is 2. The minimum atomic E-state index is -1.53. The molecule has 1 aromatic rings. The summed E-state index contributed by atoms with van der Waals surface area (Å²) >= 11 is 0. The van der Waals surface area contributed by atoms with Crippen molar-refractivity contribution in [3.8, 4) is 0 Å². The number of rotatable bonds is 8. The Kier molecular flexibility index (Phi) is 7.26. The highest BCUT2D eigenvalue weighted by Gasteiger charge is 2.22. The summed E-state index contributed by atoms with van der Waals surface area (Å²) in [6.45, 7) is 3.43. The normalized spacial score (nSPS) is 10.9. The number of hydrogen-bond acceptors (Lipinski definition) is 8. The highest BCUT2D eigenvalue weighted by Crippen LogP contribution is 1.92. The molecule has 0 aliphatic carbocycles. The molecule has 1 aromatic heterocycles. The lowest BCUT2D eigenvalue weighted by Gasteiger charge is -2.14. The summed E-state index contributed by atoms with van der Waals surface area (Å²) in [6, 6.07) is 0. The molecule has 0 aliphatic heterocycles. The molecule has 0 fully saturated rings. The number of esters is 2. The summed E-state index contributed by atoms with van der Waals surface area (Å²) in [7, 11) is 0. The van der Waals surface area contributed by atoms with Gasteiger partial charge in [-0.05, 0) is 27.7 Å². The number of aliphatic carboxylic acids is 1. The maximum Gasteiger partial charge on any atom is 0.337 e. The molecule has 0 bridgehead atoms. The van der Waals surface area contributed by atoms with Crippen LogP contribution in [0.1, 0.15) is 27.7 Å². The van der Waals surface area contributed by atoms with Gasteiger partial charge in [0.2, 0.25) is 0 Å². The van der Waals surface area contributed by atoms with E-state index < -0.39 is 66.8 Å². The van der Waals surface area contributed by atoms with Crippen molar-refractivity contribution >= 4 is 17.9 Å². The van der Waals surface area contributed by atoms with Gasteiger partial charge in [0.1, 0.15) is 19.6 Å². The Morgan fingerprint density at radius 2 is 1.04 bits per heavy atom. The molecule has 0 saturated heterocycles. The quantitative estimate of drug-likeness (QED) is 0.506. The maximum atomic E-state index is 12.4. The lowest BCUT2D eigenvalue weighted by molar-refractivity contribution is -0.148. The first-order valence-corrected chi connectivity index (χ1v) is 7.99. The second-order valence-corrected chi connectivity index (χ2v) is 6.08. The van der Waals surface area contributed by atoms with Crippen LogP contribution in [0.25, 0.3) is 0 Å². The Balaban J connectivity index is 3.51. The molecule has 0 radical (unpaired) electrons. The highest BCUT2D eigenvalue weighted by molar-refractivity contribution is 5.70. The molecule has 0 aliphatic rings. The second kappa shape index (κ2) is 8.96. The van der Waals surface area contributed by atoms with Crippen LogP contribution in [-0.2, 0) is 43.5 Å². The first-order valence-electron chi connectivity index (χ1n) is 7.99. The molecule has 0 unspecified atom stereocenters. The fraction of sp³-hybridized carbons (Fsp3) is 0.600. The predicted octanol–water partition coefficient (Wildman–Crippen LogP) is -1.84. The van der Waals surface area contributed by atoms with Crippen molar-refractivity contribution in [2.75, 3.05) is 0 Å². The van der Waals surface area contributed by atoms with Gasteiger partial charge in [0.05, 0.1) is 12.2 Å². The van der Waals surface area contributed by atoms with E-state index in [1.807, 2.05) is 0 Å². The third-order valence-corrected chi connectivity index (χ3v) is 2.99. The van der Waals surface area contributed by atoms with E-state index in [9.17, 15) is 28.8 Å². The van der Waals surface area contributed by atoms with Crippen molar-refractivity contribution in [3.63, 3.8) is 0 Å². The fourth-order valence-corrected chi connectivity index (χ4v) is 2.08. The SMILES string of the molecule is CC(C)OC(=O)Cn1c(=O)n(CC(=O)O)c(=O)n(CC(=O)OC(C)C)c1=O. The molecule has 0 atom stereocenters. The number of hydrogen-bond donors (Lipinski definition) is 1. The zero-order chi connectivity index (χ0) is 20.9. The molecule has 0 aromatic carbocycles. The largest absolute Gasteiger partial charge is 0.480 e. The van der Waals surface area contributed by atoms with Crippen LogP contribution < -0.4 is 17.1 Å². The van der Waals surface area contributed by atoms with Crippen molar-refractivity contribution in [1.82, 2.24) is 13.7 Å². The Labute approximate surface area is 152 Å². The van der Waals surface area contributed by atoms with Gasteiger partial charge in [-0.15, -0.1) is 0 Å². The van der Waals surface area contributed by atoms with Crippen LogP contribution in [-0.4, -0.2) is 48.9 Å². The zero-order valence-corrected chi connectivity index (χ0v) is 15.3. The summed E-state index contributed by atoms with van der Waals surface area (Å²) in [5, 5.41) is 8.89. The number of carboxylic acids is 1. The van der Waals surface area contributed by atoms with Gasteiger partial charge in [-0.2, -0.15) is 0 Å². The van der Waals surface area contributed by atoms with E-state index in [2.05, 4.69) is 0 Å².